The van der Waals surface area contributed by atoms with Crippen LogP contribution in [0.3, 0.4) is 0 Å². The molecule has 1 atom stereocenters. The Morgan fingerprint density at radius 2 is 1.95 bits per heavy atom. The van der Waals surface area contributed by atoms with Gasteiger partial charge < -0.3 is 14.8 Å². The largest absolute Gasteiger partial charge is 0.573 e. The maximum atomic E-state index is 12.3. The standard InChI is InChI=1S/C14H20F3NO2/c1-10-7-11(13(19-3)5-4-6-18-2)9-12(8-10)20-14(15,16)17/h7-9,13,18H,4-6H2,1-3H3. The van der Waals surface area contributed by atoms with E-state index in [1.54, 1.807) is 14.0 Å². The fourth-order valence-electron chi connectivity index (χ4n) is 2.04. The van der Waals surface area contributed by atoms with Gasteiger partial charge in [0.1, 0.15) is 5.75 Å². The lowest BCUT2D eigenvalue weighted by atomic mass is 10.0. The van der Waals surface area contributed by atoms with E-state index >= 15 is 0 Å². The Hall–Kier alpha value is -1.27. The quantitative estimate of drug-likeness (QED) is 0.779. The summed E-state index contributed by atoms with van der Waals surface area (Å²) in [6, 6.07) is 4.56. The van der Waals surface area contributed by atoms with Crippen LogP contribution in [-0.2, 0) is 4.74 Å². The van der Waals surface area contributed by atoms with Gasteiger partial charge in [0.25, 0.3) is 0 Å². The minimum Gasteiger partial charge on any atom is -0.406 e. The summed E-state index contributed by atoms with van der Waals surface area (Å²) in [7, 11) is 3.40. The van der Waals surface area contributed by atoms with Crippen molar-refractivity contribution in [3.8, 4) is 5.75 Å². The van der Waals surface area contributed by atoms with Crippen LogP contribution in [0.2, 0.25) is 0 Å². The van der Waals surface area contributed by atoms with Crippen LogP contribution in [-0.4, -0.2) is 27.1 Å². The van der Waals surface area contributed by atoms with Gasteiger partial charge in [-0.25, -0.2) is 0 Å². The molecule has 0 aliphatic rings. The van der Waals surface area contributed by atoms with Crippen molar-refractivity contribution in [3.63, 3.8) is 0 Å². The summed E-state index contributed by atoms with van der Waals surface area (Å²) in [5.41, 5.74) is 1.40. The van der Waals surface area contributed by atoms with Gasteiger partial charge in [-0.2, -0.15) is 0 Å². The van der Waals surface area contributed by atoms with Crippen molar-refractivity contribution >= 4 is 0 Å². The summed E-state index contributed by atoms with van der Waals surface area (Å²) in [4.78, 5) is 0. The van der Waals surface area contributed by atoms with Crippen molar-refractivity contribution in [1.29, 1.82) is 0 Å². The van der Waals surface area contributed by atoms with Crippen LogP contribution >= 0.6 is 0 Å². The van der Waals surface area contributed by atoms with Gasteiger partial charge in [0.2, 0.25) is 0 Å². The van der Waals surface area contributed by atoms with E-state index in [1.165, 1.54) is 12.1 Å². The molecule has 3 nitrogen and oxygen atoms in total. The van der Waals surface area contributed by atoms with Gasteiger partial charge in [0.05, 0.1) is 6.10 Å². The van der Waals surface area contributed by atoms with E-state index in [2.05, 4.69) is 10.1 Å². The Bertz CT molecular complexity index is 421. The first-order chi connectivity index (χ1) is 9.35. The fraction of sp³-hybridized carbons (Fsp3) is 0.571. The third-order valence-electron chi connectivity index (χ3n) is 2.86. The lowest BCUT2D eigenvalue weighted by molar-refractivity contribution is -0.274. The van der Waals surface area contributed by atoms with E-state index in [-0.39, 0.29) is 11.9 Å². The van der Waals surface area contributed by atoms with E-state index in [0.29, 0.717) is 11.1 Å². The fourth-order valence-corrected chi connectivity index (χ4v) is 2.04. The molecule has 1 unspecified atom stereocenters. The number of hydrogen-bond donors (Lipinski definition) is 1. The number of rotatable bonds is 7. The molecule has 0 saturated heterocycles. The molecular formula is C14H20F3NO2. The van der Waals surface area contributed by atoms with Crippen LogP contribution < -0.4 is 10.1 Å². The second kappa shape index (κ2) is 7.50. The molecule has 1 aromatic rings. The summed E-state index contributed by atoms with van der Waals surface area (Å²) in [5, 5.41) is 3.02. The van der Waals surface area contributed by atoms with Crippen molar-refractivity contribution in [3.05, 3.63) is 29.3 Å². The second-order valence-electron chi connectivity index (χ2n) is 4.60. The van der Waals surface area contributed by atoms with Gasteiger partial charge in [-0.05, 0) is 56.6 Å². The number of nitrogens with one attached hydrogen (secondary N) is 1. The first kappa shape index (κ1) is 16.8. The number of halogens is 3. The highest BCUT2D eigenvalue weighted by molar-refractivity contribution is 5.35. The van der Waals surface area contributed by atoms with Gasteiger partial charge in [0, 0.05) is 7.11 Å². The highest BCUT2D eigenvalue weighted by Crippen LogP contribution is 2.30. The van der Waals surface area contributed by atoms with Gasteiger partial charge in [-0.3, -0.25) is 0 Å². The van der Waals surface area contributed by atoms with Crippen LogP contribution in [0.5, 0.6) is 5.75 Å². The molecular weight excluding hydrogens is 271 g/mol. The average molecular weight is 291 g/mol. The molecule has 0 fully saturated rings. The minimum atomic E-state index is -4.68. The molecule has 6 heteroatoms. The predicted molar refractivity (Wildman–Crippen MR) is 70.8 cm³/mol. The Morgan fingerprint density at radius 1 is 1.25 bits per heavy atom. The molecule has 0 bridgehead atoms. The molecule has 1 N–H and O–H groups in total. The van der Waals surface area contributed by atoms with Crippen molar-refractivity contribution in [1.82, 2.24) is 5.32 Å². The maximum absolute atomic E-state index is 12.3. The van der Waals surface area contributed by atoms with Gasteiger partial charge in [-0.15, -0.1) is 13.2 Å². The molecule has 0 aromatic heterocycles. The van der Waals surface area contributed by atoms with Gasteiger partial charge >= 0.3 is 6.36 Å². The Morgan fingerprint density at radius 3 is 2.50 bits per heavy atom. The molecule has 1 aromatic carbocycles. The maximum Gasteiger partial charge on any atom is 0.573 e. The highest BCUT2D eigenvalue weighted by Gasteiger charge is 2.31. The van der Waals surface area contributed by atoms with Crippen LogP contribution in [0.1, 0.15) is 30.1 Å². The van der Waals surface area contributed by atoms with E-state index in [1.807, 2.05) is 13.1 Å². The molecule has 0 aliphatic carbocycles. The van der Waals surface area contributed by atoms with E-state index in [0.717, 1.165) is 19.4 Å². The topological polar surface area (TPSA) is 30.5 Å². The SMILES string of the molecule is CNCCCC(OC)c1cc(C)cc(OC(F)(F)F)c1. The lowest BCUT2D eigenvalue weighted by Gasteiger charge is -2.18. The lowest BCUT2D eigenvalue weighted by Crippen LogP contribution is -2.17. The number of benzene rings is 1. The average Bonchev–Trinajstić information content (AvgIpc) is 2.31. The number of alkyl halides is 3. The number of hydrogen-bond acceptors (Lipinski definition) is 3. The summed E-state index contributed by atoms with van der Waals surface area (Å²) in [6.07, 6.45) is -3.32. The van der Waals surface area contributed by atoms with Crippen molar-refractivity contribution < 1.29 is 22.6 Å². The second-order valence-corrected chi connectivity index (χ2v) is 4.60. The van der Waals surface area contributed by atoms with Crippen LogP contribution in [0.25, 0.3) is 0 Å². The van der Waals surface area contributed by atoms with Gasteiger partial charge in [0.15, 0.2) is 0 Å². The van der Waals surface area contributed by atoms with Gasteiger partial charge in [-0.1, -0.05) is 6.07 Å². The van der Waals surface area contributed by atoms with Crippen LogP contribution in [0.15, 0.2) is 18.2 Å². The number of ether oxygens (including phenoxy) is 2. The van der Waals surface area contributed by atoms with Crippen molar-refractivity contribution in [2.24, 2.45) is 0 Å². The van der Waals surface area contributed by atoms with Crippen molar-refractivity contribution in [2.75, 3.05) is 20.7 Å². The summed E-state index contributed by atoms with van der Waals surface area (Å²) >= 11 is 0. The van der Waals surface area contributed by atoms with E-state index in [4.69, 9.17) is 4.74 Å². The summed E-state index contributed by atoms with van der Waals surface area (Å²) in [6.45, 7) is 2.56. The molecule has 0 saturated carbocycles. The molecule has 0 heterocycles. The molecule has 1 rings (SSSR count). The first-order valence-corrected chi connectivity index (χ1v) is 6.40. The molecule has 0 radical (unpaired) electrons. The number of aryl methyl sites for hydroxylation is 1. The highest BCUT2D eigenvalue weighted by atomic mass is 19.4. The third kappa shape index (κ3) is 5.79. The smallest absolute Gasteiger partial charge is 0.406 e. The zero-order valence-corrected chi connectivity index (χ0v) is 11.9. The predicted octanol–water partition coefficient (Wildman–Crippen LogP) is 3.58. The first-order valence-electron chi connectivity index (χ1n) is 6.40. The summed E-state index contributed by atoms with van der Waals surface area (Å²) < 4.78 is 46.2. The monoisotopic (exact) mass is 291 g/mol. The Labute approximate surface area is 117 Å². The Kier molecular flexibility index (Phi) is 6.29. The van der Waals surface area contributed by atoms with Crippen LogP contribution in [0, 0.1) is 6.92 Å². The Balaban J connectivity index is 2.86. The number of methoxy groups -OCH3 is 1. The molecule has 114 valence electrons. The van der Waals surface area contributed by atoms with Crippen molar-refractivity contribution in [2.45, 2.75) is 32.2 Å². The third-order valence-corrected chi connectivity index (χ3v) is 2.86. The molecule has 0 amide bonds. The van der Waals surface area contributed by atoms with E-state index < -0.39 is 6.36 Å². The van der Waals surface area contributed by atoms with E-state index in [9.17, 15) is 13.2 Å². The zero-order valence-electron chi connectivity index (χ0n) is 11.9. The molecule has 0 spiro atoms. The minimum absolute atomic E-state index is 0.205. The molecule has 20 heavy (non-hydrogen) atoms. The summed E-state index contributed by atoms with van der Waals surface area (Å²) in [5.74, 6) is -0.205. The normalized spacial score (nSPS) is 13.3. The molecule has 0 aliphatic heterocycles. The van der Waals surface area contributed by atoms with Crippen LogP contribution in [0.4, 0.5) is 13.2 Å². The zero-order chi connectivity index (χ0) is 15.2.